The third-order valence-corrected chi connectivity index (χ3v) is 7.25. The topological polar surface area (TPSA) is 61.9 Å². The van der Waals surface area contributed by atoms with Gasteiger partial charge in [0.15, 0.2) is 0 Å². The summed E-state index contributed by atoms with van der Waals surface area (Å²) in [5, 5.41) is 1.35. The van der Waals surface area contributed by atoms with Crippen molar-refractivity contribution in [1.29, 1.82) is 0 Å². The van der Waals surface area contributed by atoms with E-state index in [2.05, 4.69) is 30.7 Å². The molecule has 0 unspecified atom stereocenters. The molecule has 186 valence electrons. The van der Waals surface area contributed by atoms with Crippen molar-refractivity contribution in [3.63, 3.8) is 0 Å². The minimum atomic E-state index is -0.215. The number of aromatic nitrogens is 3. The Bertz CT molecular complexity index is 1400. The van der Waals surface area contributed by atoms with E-state index in [9.17, 15) is 9.18 Å². The molecule has 5 rings (SSSR count). The summed E-state index contributed by atoms with van der Waals surface area (Å²) >= 11 is 6.58. The predicted octanol–water partition coefficient (Wildman–Crippen LogP) is 6.81. The van der Waals surface area contributed by atoms with Gasteiger partial charge in [-0.1, -0.05) is 44.5 Å². The molecule has 1 fully saturated rings. The number of fused-ring (bicyclic) bond motifs is 1. The molecule has 7 heteroatoms. The van der Waals surface area contributed by atoms with Crippen molar-refractivity contribution in [1.82, 2.24) is 19.9 Å². The third-order valence-electron chi connectivity index (χ3n) is 6.94. The molecule has 36 heavy (non-hydrogen) atoms. The fourth-order valence-electron chi connectivity index (χ4n) is 4.85. The summed E-state index contributed by atoms with van der Waals surface area (Å²) < 4.78 is 13.2. The molecule has 1 aliphatic heterocycles. The number of hydrogen-bond acceptors (Lipinski definition) is 3. The summed E-state index contributed by atoms with van der Waals surface area (Å²) in [6.45, 7) is 7.61. The number of nitrogens with zero attached hydrogens (tertiary/aromatic N) is 3. The number of piperidine rings is 1. The molecule has 0 bridgehead atoms. The monoisotopic (exact) mass is 504 g/mol. The van der Waals surface area contributed by atoms with E-state index in [1.54, 1.807) is 6.20 Å². The lowest BCUT2D eigenvalue weighted by molar-refractivity contribution is 0.0691. The van der Waals surface area contributed by atoms with Gasteiger partial charge in [0.1, 0.15) is 11.6 Å². The first-order valence-corrected chi connectivity index (χ1v) is 12.7. The zero-order chi connectivity index (χ0) is 25.4. The van der Waals surface area contributed by atoms with Crippen LogP contribution in [0.1, 0.15) is 55.4 Å². The first-order valence-electron chi connectivity index (χ1n) is 12.4. The molecule has 4 aromatic rings. The third kappa shape index (κ3) is 5.00. The molecular formula is C29H30ClFN4O. The van der Waals surface area contributed by atoms with Gasteiger partial charge >= 0.3 is 0 Å². The van der Waals surface area contributed by atoms with Crippen molar-refractivity contribution in [3.8, 4) is 11.3 Å². The Morgan fingerprint density at radius 3 is 2.56 bits per heavy atom. The highest BCUT2D eigenvalue weighted by atomic mass is 35.5. The average Bonchev–Trinajstić information content (AvgIpc) is 3.27. The molecule has 2 aromatic heterocycles. The number of amides is 1. The average molecular weight is 505 g/mol. The maximum atomic E-state index is 13.5. The maximum absolute atomic E-state index is 13.5. The van der Waals surface area contributed by atoms with Gasteiger partial charge in [0.05, 0.1) is 16.3 Å². The van der Waals surface area contributed by atoms with Crippen LogP contribution in [0.15, 0.2) is 54.9 Å². The molecule has 1 amide bonds. The van der Waals surface area contributed by atoms with Crippen molar-refractivity contribution in [2.24, 2.45) is 5.92 Å². The Hall–Kier alpha value is -3.25. The van der Waals surface area contributed by atoms with Gasteiger partial charge in [-0.15, -0.1) is 0 Å². The van der Waals surface area contributed by atoms with Crippen LogP contribution in [0.4, 0.5) is 4.39 Å². The van der Waals surface area contributed by atoms with Crippen molar-refractivity contribution >= 4 is 28.4 Å². The Morgan fingerprint density at radius 1 is 1.14 bits per heavy atom. The van der Waals surface area contributed by atoms with Crippen LogP contribution >= 0.6 is 11.6 Å². The maximum Gasteiger partial charge on any atom is 0.255 e. The molecule has 0 spiro atoms. The van der Waals surface area contributed by atoms with E-state index in [-0.39, 0.29) is 17.1 Å². The molecule has 2 aromatic carbocycles. The van der Waals surface area contributed by atoms with Crippen molar-refractivity contribution in [2.75, 3.05) is 13.1 Å². The lowest BCUT2D eigenvalue weighted by atomic mass is 9.90. The molecule has 1 aliphatic rings. The number of H-pyrrole nitrogens is 1. The van der Waals surface area contributed by atoms with Crippen LogP contribution in [0.5, 0.6) is 0 Å². The minimum Gasteiger partial charge on any atom is -0.360 e. The summed E-state index contributed by atoms with van der Waals surface area (Å²) in [4.78, 5) is 27.9. The number of likely N-dealkylation sites (tertiary alicyclic amines) is 1. The second-order valence-electron chi connectivity index (χ2n) is 10.7. The van der Waals surface area contributed by atoms with Crippen molar-refractivity contribution < 1.29 is 9.18 Å². The quantitative estimate of drug-likeness (QED) is 0.332. The molecule has 0 radical (unpaired) electrons. The molecular weight excluding hydrogens is 475 g/mol. The summed E-state index contributed by atoms with van der Waals surface area (Å²) in [6, 6.07) is 12.3. The largest absolute Gasteiger partial charge is 0.360 e. The number of hydrogen-bond donors (Lipinski definition) is 1. The van der Waals surface area contributed by atoms with Crippen LogP contribution in [0, 0.1) is 11.7 Å². The van der Waals surface area contributed by atoms with Gasteiger partial charge < -0.3 is 9.88 Å². The van der Waals surface area contributed by atoms with E-state index in [4.69, 9.17) is 16.6 Å². The summed E-state index contributed by atoms with van der Waals surface area (Å²) in [5.41, 5.74) is 4.06. The van der Waals surface area contributed by atoms with Crippen LogP contribution in [0.3, 0.4) is 0 Å². The summed E-state index contributed by atoms with van der Waals surface area (Å²) in [6.07, 6.45) is 6.41. The number of halogens is 2. The molecule has 3 heterocycles. The highest BCUT2D eigenvalue weighted by molar-refractivity contribution is 6.34. The number of benzene rings is 2. The van der Waals surface area contributed by atoms with Crippen LogP contribution in [0.2, 0.25) is 5.02 Å². The second-order valence-corrected chi connectivity index (χ2v) is 11.1. The molecule has 1 saturated heterocycles. The van der Waals surface area contributed by atoms with Gasteiger partial charge in [0, 0.05) is 47.4 Å². The first-order chi connectivity index (χ1) is 17.2. The van der Waals surface area contributed by atoms with Gasteiger partial charge in [-0.25, -0.2) is 14.4 Å². The molecule has 5 nitrogen and oxygen atoms in total. The van der Waals surface area contributed by atoms with E-state index in [1.165, 1.54) is 12.1 Å². The van der Waals surface area contributed by atoms with Gasteiger partial charge in [-0.05, 0) is 61.1 Å². The standard InChI is InChI=1S/C29H30ClFN4O/c1-29(2,3)28-32-11-8-25(34-28)23-17-33-26-16-24(30)22(15-21(23)26)27(36)35-12-9-19(10-13-35)14-18-4-6-20(31)7-5-18/h4-8,11,15-17,19,33H,9-10,12-14H2,1-3H3. The van der Waals surface area contributed by atoms with E-state index in [0.29, 0.717) is 29.6 Å². The van der Waals surface area contributed by atoms with Crippen LogP contribution in [-0.2, 0) is 11.8 Å². The Morgan fingerprint density at radius 2 is 1.86 bits per heavy atom. The molecule has 0 atom stereocenters. The van der Waals surface area contributed by atoms with Crippen LogP contribution in [-0.4, -0.2) is 38.8 Å². The number of carbonyl (C=O) groups is 1. The number of carbonyl (C=O) groups excluding carboxylic acids is 1. The van der Waals surface area contributed by atoms with Crippen LogP contribution < -0.4 is 0 Å². The number of nitrogens with one attached hydrogen (secondary N) is 1. The van der Waals surface area contributed by atoms with Gasteiger partial charge in [0.2, 0.25) is 0 Å². The Kier molecular flexibility index (Phi) is 6.56. The SMILES string of the molecule is CC(C)(C)c1nccc(-c2c[nH]c3cc(Cl)c(C(=O)N4CCC(Cc5ccc(F)cc5)CC4)cc23)n1. The Balaban J connectivity index is 1.35. The lowest BCUT2D eigenvalue weighted by Gasteiger charge is -2.32. The second kappa shape index (κ2) is 9.66. The van der Waals surface area contributed by atoms with Gasteiger partial charge in [-0.3, -0.25) is 4.79 Å². The van der Waals surface area contributed by atoms with Gasteiger partial charge in [0.25, 0.3) is 5.91 Å². The van der Waals surface area contributed by atoms with E-state index < -0.39 is 0 Å². The number of aromatic amines is 1. The first kappa shape index (κ1) is 24.4. The zero-order valence-electron chi connectivity index (χ0n) is 20.8. The van der Waals surface area contributed by atoms with Crippen molar-refractivity contribution in [2.45, 2.75) is 45.4 Å². The van der Waals surface area contributed by atoms with Gasteiger partial charge in [-0.2, -0.15) is 0 Å². The molecule has 1 N–H and O–H groups in total. The highest BCUT2D eigenvalue weighted by Gasteiger charge is 2.26. The lowest BCUT2D eigenvalue weighted by Crippen LogP contribution is -2.39. The predicted molar refractivity (Wildman–Crippen MR) is 142 cm³/mol. The molecule has 0 saturated carbocycles. The van der Waals surface area contributed by atoms with Crippen LogP contribution in [0.25, 0.3) is 22.2 Å². The zero-order valence-corrected chi connectivity index (χ0v) is 21.6. The summed E-state index contributed by atoms with van der Waals surface area (Å²) in [7, 11) is 0. The minimum absolute atomic E-state index is 0.0487. The normalized spacial score (nSPS) is 15.0. The van der Waals surface area contributed by atoms with E-state index >= 15 is 0 Å². The fourth-order valence-corrected chi connectivity index (χ4v) is 5.10. The number of rotatable bonds is 4. The molecule has 0 aliphatic carbocycles. The summed E-state index contributed by atoms with van der Waals surface area (Å²) in [5.74, 6) is 0.979. The fraction of sp³-hybridized carbons (Fsp3) is 0.345. The Labute approximate surface area is 215 Å². The van der Waals surface area contributed by atoms with E-state index in [1.807, 2.05) is 41.4 Å². The van der Waals surface area contributed by atoms with Crippen molar-refractivity contribution in [3.05, 3.63) is 82.6 Å². The highest BCUT2D eigenvalue weighted by Crippen LogP contribution is 2.33. The van der Waals surface area contributed by atoms with E-state index in [0.717, 1.165) is 52.8 Å². The smallest absolute Gasteiger partial charge is 0.255 e.